The molecule has 2 aliphatic rings. The Hall–Kier alpha value is -3.56. The number of amides is 1. The van der Waals surface area contributed by atoms with Gasteiger partial charge in [0, 0.05) is 49.2 Å². The zero-order valence-electron chi connectivity index (χ0n) is 19.8. The predicted molar refractivity (Wildman–Crippen MR) is 131 cm³/mol. The van der Waals surface area contributed by atoms with Crippen molar-refractivity contribution in [3.8, 4) is 11.3 Å². The minimum absolute atomic E-state index is 0.151. The number of carbonyl (C=O) groups is 1. The van der Waals surface area contributed by atoms with Crippen LogP contribution in [0.25, 0.3) is 11.3 Å². The van der Waals surface area contributed by atoms with Gasteiger partial charge in [0.25, 0.3) is 11.8 Å². The van der Waals surface area contributed by atoms with Crippen molar-refractivity contribution in [2.75, 3.05) is 28.2 Å². The van der Waals surface area contributed by atoms with Crippen molar-refractivity contribution in [1.82, 2.24) is 20.2 Å². The molecule has 1 amide bonds. The average Bonchev–Trinajstić information content (AvgIpc) is 3.59. The highest BCUT2D eigenvalue weighted by atomic mass is 19.3. The lowest BCUT2D eigenvalue weighted by molar-refractivity contribution is 0.0257. The maximum absolute atomic E-state index is 14.0. The topological polar surface area (TPSA) is 90.0 Å². The first-order valence-corrected chi connectivity index (χ1v) is 12.0. The minimum Gasteiger partial charge on any atom is -0.351 e. The molecule has 10 heteroatoms. The molecule has 2 saturated heterocycles. The first-order valence-electron chi connectivity index (χ1n) is 12.0. The standard InChI is InChI=1S/C25H29F2N7O/c1-3-18-6-4-16(2)34(18)21-7-5-17(14-29-21)24(35)31-22-19(20-9-12-30-32-20)8-11-28-23(22)33-13-10-25(26,27)15-33/h5,7-9,11-12,14,16,18H,3-4,6,10,13,15H2,1-2H3,(H,30,32)(H,31,35). The second kappa shape index (κ2) is 9.24. The smallest absolute Gasteiger partial charge is 0.266 e. The molecule has 2 atom stereocenters. The van der Waals surface area contributed by atoms with Gasteiger partial charge in [-0.3, -0.25) is 9.89 Å². The molecule has 2 aliphatic heterocycles. The Labute approximate surface area is 202 Å². The summed E-state index contributed by atoms with van der Waals surface area (Å²) in [4.78, 5) is 26.0. The maximum Gasteiger partial charge on any atom is 0.266 e. The average molecular weight is 482 g/mol. The quantitative estimate of drug-likeness (QED) is 0.529. The van der Waals surface area contributed by atoms with Gasteiger partial charge in [0.2, 0.25) is 0 Å². The molecule has 0 saturated carbocycles. The SMILES string of the molecule is CCC1CCC(C)N1c1ccc(C(=O)Nc2c(-c3ccn[nH]3)ccnc2N2CCC(F)(F)C2)cn1. The Bertz CT molecular complexity index is 1180. The van der Waals surface area contributed by atoms with E-state index in [1.165, 1.54) is 4.90 Å². The van der Waals surface area contributed by atoms with Crippen LogP contribution in [-0.2, 0) is 0 Å². The van der Waals surface area contributed by atoms with Gasteiger partial charge in [-0.15, -0.1) is 0 Å². The second-order valence-electron chi connectivity index (χ2n) is 9.31. The normalized spacial score (nSPS) is 21.5. The van der Waals surface area contributed by atoms with E-state index in [-0.39, 0.29) is 18.9 Å². The summed E-state index contributed by atoms with van der Waals surface area (Å²) in [7, 11) is 0. The summed E-state index contributed by atoms with van der Waals surface area (Å²) in [6.45, 7) is 4.08. The van der Waals surface area contributed by atoms with Crippen LogP contribution in [0.2, 0.25) is 0 Å². The number of nitrogens with zero attached hydrogens (tertiary/aromatic N) is 5. The molecule has 5 heterocycles. The predicted octanol–water partition coefficient (Wildman–Crippen LogP) is 4.73. The molecule has 2 fully saturated rings. The van der Waals surface area contributed by atoms with Gasteiger partial charge in [0.1, 0.15) is 5.82 Å². The molecule has 0 aromatic carbocycles. The van der Waals surface area contributed by atoms with Gasteiger partial charge in [-0.2, -0.15) is 5.10 Å². The van der Waals surface area contributed by atoms with Gasteiger partial charge >= 0.3 is 0 Å². The molecule has 2 unspecified atom stereocenters. The van der Waals surface area contributed by atoms with Crippen LogP contribution in [0.3, 0.4) is 0 Å². The van der Waals surface area contributed by atoms with Gasteiger partial charge in [-0.1, -0.05) is 6.92 Å². The van der Waals surface area contributed by atoms with Gasteiger partial charge in [0.05, 0.1) is 23.5 Å². The van der Waals surface area contributed by atoms with E-state index in [1.54, 1.807) is 36.8 Å². The van der Waals surface area contributed by atoms with E-state index in [4.69, 9.17) is 0 Å². The fourth-order valence-electron chi connectivity index (χ4n) is 5.10. The summed E-state index contributed by atoms with van der Waals surface area (Å²) in [5.74, 6) is -2.01. The minimum atomic E-state index is -2.80. The molecule has 2 N–H and O–H groups in total. The molecule has 3 aromatic rings. The number of H-pyrrole nitrogens is 1. The van der Waals surface area contributed by atoms with E-state index < -0.39 is 12.5 Å². The van der Waals surface area contributed by atoms with E-state index in [2.05, 4.69) is 44.2 Å². The monoisotopic (exact) mass is 481 g/mol. The van der Waals surface area contributed by atoms with Crippen LogP contribution in [0.15, 0.2) is 42.9 Å². The van der Waals surface area contributed by atoms with Gasteiger partial charge < -0.3 is 15.1 Å². The fraction of sp³-hybridized carbons (Fsp3) is 0.440. The number of aromatic nitrogens is 4. The van der Waals surface area contributed by atoms with Crippen molar-refractivity contribution in [3.05, 3.63) is 48.4 Å². The molecule has 0 radical (unpaired) electrons. The molecule has 8 nitrogen and oxygen atoms in total. The van der Waals surface area contributed by atoms with Gasteiger partial charge in [-0.05, 0) is 50.5 Å². The Morgan fingerprint density at radius 3 is 2.71 bits per heavy atom. The molecule has 0 bridgehead atoms. The molecule has 184 valence electrons. The molecular formula is C25H29F2N7O. The molecule has 0 spiro atoms. The van der Waals surface area contributed by atoms with Crippen LogP contribution in [0.1, 0.15) is 49.9 Å². The lowest BCUT2D eigenvalue weighted by Gasteiger charge is -2.29. The zero-order chi connectivity index (χ0) is 24.6. The lowest BCUT2D eigenvalue weighted by Crippen LogP contribution is -2.34. The number of carbonyl (C=O) groups excluding carboxylic acids is 1. The van der Waals surface area contributed by atoms with Crippen LogP contribution in [-0.4, -0.2) is 57.2 Å². The maximum atomic E-state index is 14.0. The highest BCUT2D eigenvalue weighted by molar-refractivity contribution is 6.08. The Kier molecular flexibility index (Phi) is 6.12. The van der Waals surface area contributed by atoms with Crippen molar-refractivity contribution in [3.63, 3.8) is 0 Å². The first kappa shape index (κ1) is 23.2. The molecule has 0 aliphatic carbocycles. The summed E-state index contributed by atoms with van der Waals surface area (Å²) in [5, 5.41) is 9.78. The summed E-state index contributed by atoms with van der Waals surface area (Å²) in [6, 6.07) is 7.96. The molecular weight excluding hydrogens is 452 g/mol. The van der Waals surface area contributed by atoms with E-state index in [0.717, 1.165) is 25.1 Å². The summed E-state index contributed by atoms with van der Waals surface area (Å²) in [5.41, 5.74) is 2.02. The van der Waals surface area contributed by atoms with Crippen molar-refractivity contribution in [2.45, 2.75) is 57.5 Å². The molecule has 5 rings (SSSR count). The number of alkyl halides is 2. The third-order valence-electron chi connectivity index (χ3n) is 6.96. The summed E-state index contributed by atoms with van der Waals surface area (Å²) in [6.07, 6.45) is 7.76. The van der Waals surface area contributed by atoms with E-state index >= 15 is 0 Å². The number of halogens is 2. The summed E-state index contributed by atoms with van der Waals surface area (Å²) < 4.78 is 27.9. The van der Waals surface area contributed by atoms with E-state index in [1.807, 2.05) is 6.07 Å². The Balaban J connectivity index is 1.44. The number of nitrogens with one attached hydrogen (secondary N) is 2. The van der Waals surface area contributed by atoms with E-state index in [0.29, 0.717) is 40.4 Å². The van der Waals surface area contributed by atoms with Crippen molar-refractivity contribution >= 4 is 23.2 Å². The number of aromatic amines is 1. The highest BCUT2D eigenvalue weighted by Crippen LogP contribution is 2.38. The van der Waals surface area contributed by atoms with Gasteiger partial charge in [0.15, 0.2) is 5.82 Å². The van der Waals surface area contributed by atoms with Crippen LogP contribution in [0, 0.1) is 0 Å². The number of hydrogen-bond acceptors (Lipinski definition) is 6. The number of pyridine rings is 2. The van der Waals surface area contributed by atoms with Crippen LogP contribution in [0.5, 0.6) is 0 Å². The third kappa shape index (κ3) is 4.56. The van der Waals surface area contributed by atoms with Gasteiger partial charge in [-0.25, -0.2) is 18.7 Å². The third-order valence-corrected chi connectivity index (χ3v) is 6.96. The molecule has 3 aromatic heterocycles. The van der Waals surface area contributed by atoms with Crippen molar-refractivity contribution in [2.24, 2.45) is 0 Å². The van der Waals surface area contributed by atoms with Crippen molar-refractivity contribution in [1.29, 1.82) is 0 Å². The largest absolute Gasteiger partial charge is 0.351 e. The van der Waals surface area contributed by atoms with Crippen LogP contribution < -0.4 is 15.1 Å². The van der Waals surface area contributed by atoms with Crippen molar-refractivity contribution < 1.29 is 13.6 Å². The fourth-order valence-corrected chi connectivity index (χ4v) is 5.10. The first-order chi connectivity index (χ1) is 16.9. The number of hydrogen-bond donors (Lipinski definition) is 2. The number of rotatable bonds is 6. The van der Waals surface area contributed by atoms with E-state index in [9.17, 15) is 13.6 Å². The Morgan fingerprint density at radius 1 is 1.20 bits per heavy atom. The van der Waals surface area contributed by atoms with Crippen LogP contribution >= 0.6 is 0 Å². The van der Waals surface area contributed by atoms with Crippen LogP contribution in [0.4, 0.5) is 26.1 Å². The number of anilines is 3. The second-order valence-corrected chi connectivity index (χ2v) is 9.31. The lowest BCUT2D eigenvalue weighted by atomic mass is 10.1. The Morgan fingerprint density at radius 2 is 2.06 bits per heavy atom. The zero-order valence-corrected chi connectivity index (χ0v) is 19.8. The molecule has 35 heavy (non-hydrogen) atoms. The summed E-state index contributed by atoms with van der Waals surface area (Å²) >= 11 is 0. The highest BCUT2D eigenvalue weighted by Gasteiger charge is 2.40.